The van der Waals surface area contributed by atoms with E-state index in [9.17, 15) is 4.79 Å². The second-order valence-electron chi connectivity index (χ2n) is 5.20. The van der Waals surface area contributed by atoms with E-state index >= 15 is 0 Å². The van der Waals surface area contributed by atoms with Crippen molar-refractivity contribution in [3.63, 3.8) is 0 Å². The van der Waals surface area contributed by atoms with E-state index in [-0.39, 0.29) is 5.91 Å². The summed E-state index contributed by atoms with van der Waals surface area (Å²) in [6.45, 7) is 1.22. The molecule has 0 bridgehead atoms. The fraction of sp³-hybridized carbons (Fsp3) is 0.278. The van der Waals surface area contributed by atoms with E-state index in [4.69, 9.17) is 9.47 Å². The molecule has 2 aromatic carbocycles. The van der Waals surface area contributed by atoms with E-state index in [1.807, 2.05) is 42.5 Å². The molecule has 0 unspecified atom stereocenters. The largest absolute Gasteiger partial charge is 0.497 e. The molecule has 0 aliphatic carbocycles. The topological polar surface area (TPSA) is 59.6 Å². The standard InChI is InChI=1S/C18H21BrN2O3/c1-23-16-9-13(10-17(11-16)24-2)12-20-8-7-18(22)21-15-5-3-14(19)4-6-15/h3-6,9-11,20H,7-8,12H2,1-2H3,(H,21,22). The lowest BCUT2D eigenvalue weighted by molar-refractivity contribution is -0.116. The number of rotatable bonds is 8. The molecule has 0 spiro atoms. The van der Waals surface area contributed by atoms with Crippen molar-refractivity contribution in [3.8, 4) is 11.5 Å². The van der Waals surface area contributed by atoms with Gasteiger partial charge in [0.25, 0.3) is 0 Å². The average Bonchev–Trinajstić information content (AvgIpc) is 2.60. The van der Waals surface area contributed by atoms with Gasteiger partial charge in [0.2, 0.25) is 5.91 Å². The molecule has 0 radical (unpaired) electrons. The Balaban J connectivity index is 1.76. The lowest BCUT2D eigenvalue weighted by Gasteiger charge is -2.10. The third kappa shape index (κ3) is 5.86. The predicted molar refractivity (Wildman–Crippen MR) is 98.6 cm³/mol. The Morgan fingerprint density at radius 1 is 1.04 bits per heavy atom. The number of hydrogen-bond acceptors (Lipinski definition) is 4. The molecule has 128 valence electrons. The SMILES string of the molecule is COc1cc(CNCCC(=O)Nc2ccc(Br)cc2)cc(OC)c1. The van der Waals surface area contributed by atoms with Crippen LogP contribution in [0.2, 0.25) is 0 Å². The van der Waals surface area contributed by atoms with Crippen LogP contribution < -0.4 is 20.1 Å². The van der Waals surface area contributed by atoms with Gasteiger partial charge in [0.05, 0.1) is 14.2 Å². The number of anilines is 1. The van der Waals surface area contributed by atoms with Crippen LogP contribution in [0.15, 0.2) is 46.9 Å². The molecule has 24 heavy (non-hydrogen) atoms. The van der Waals surface area contributed by atoms with E-state index in [1.165, 1.54) is 0 Å². The first-order chi connectivity index (χ1) is 11.6. The maximum Gasteiger partial charge on any atom is 0.225 e. The molecule has 0 saturated heterocycles. The van der Waals surface area contributed by atoms with Crippen LogP contribution in [0.4, 0.5) is 5.69 Å². The van der Waals surface area contributed by atoms with Gasteiger partial charge in [-0.3, -0.25) is 4.79 Å². The Morgan fingerprint density at radius 3 is 2.25 bits per heavy atom. The van der Waals surface area contributed by atoms with Crippen molar-refractivity contribution in [3.05, 3.63) is 52.5 Å². The summed E-state index contributed by atoms with van der Waals surface area (Å²) in [6.07, 6.45) is 0.400. The summed E-state index contributed by atoms with van der Waals surface area (Å²) in [7, 11) is 3.25. The Bertz CT molecular complexity index is 652. The Morgan fingerprint density at radius 2 is 1.67 bits per heavy atom. The van der Waals surface area contributed by atoms with Gasteiger partial charge in [0, 0.05) is 35.7 Å². The third-order valence-corrected chi connectivity index (χ3v) is 3.93. The maximum absolute atomic E-state index is 11.9. The Labute approximate surface area is 150 Å². The summed E-state index contributed by atoms with van der Waals surface area (Å²) in [4.78, 5) is 11.9. The van der Waals surface area contributed by atoms with E-state index in [1.54, 1.807) is 14.2 Å². The fourth-order valence-electron chi connectivity index (χ4n) is 2.16. The molecule has 0 heterocycles. The monoisotopic (exact) mass is 392 g/mol. The minimum absolute atomic E-state index is 0.0203. The van der Waals surface area contributed by atoms with Gasteiger partial charge in [-0.15, -0.1) is 0 Å². The van der Waals surface area contributed by atoms with Gasteiger partial charge in [0.1, 0.15) is 11.5 Å². The van der Waals surface area contributed by atoms with Gasteiger partial charge in [-0.05, 0) is 42.0 Å². The van der Waals surface area contributed by atoms with Crippen molar-refractivity contribution >= 4 is 27.5 Å². The van der Waals surface area contributed by atoms with Gasteiger partial charge < -0.3 is 20.1 Å². The van der Waals surface area contributed by atoms with Crippen molar-refractivity contribution in [2.45, 2.75) is 13.0 Å². The van der Waals surface area contributed by atoms with Gasteiger partial charge in [-0.25, -0.2) is 0 Å². The highest BCUT2D eigenvalue weighted by atomic mass is 79.9. The summed E-state index contributed by atoms with van der Waals surface area (Å²) in [5.41, 5.74) is 1.83. The summed E-state index contributed by atoms with van der Waals surface area (Å²) in [5, 5.41) is 6.12. The normalized spacial score (nSPS) is 10.3. The second kappa shape index (κ2) is 9.30. The molecule has 2 rings (SSSR count). The van der Waals surface area contributed by atoms with E-state index in [0.29, 0.717) is 19.5 Å². The van der Waals surface area contributed by atoms with Crippen molar-refractivity contribution in [2.24, 2.45) is 0 Å². The van der Waals surface area contributed by atoms with Crippen LogP contribution in [0, 0.1) is 0 Å². The maximum atomic E-state index is 11.9. The van der Waals surface area contributed by atoms with Gasteiger partial charge in [0.15, 0.2) is 0 Å². The Hall–Kier alpha value is -2.05. The summed E-state index contributed by atoms with van der Waals surface area (Å²) in [5.74, 6) is 1.48. The molecule has 0 aromatic heterocycles. The lowest BCUT2D eigenvalue weighted by atomic mass is 10.2. The number of amides is 1. The molecule has 0 fully saturated rings. The molecular weight excluding hydrogens is 372 g/mol. The fourth-order valence-corrected chi connectivity index (χ4v) is 2.42. The van der Waals surface area contributed by atoms with Crippen LogP contribution >= 0.6 is 15.9 Å². The highest BCUT2D eigenvalue weighted by molar-refractivity contribution is 9.10. The first-order valence-corrected chi connectivity index (χ1v) is 8.38. The molecule has 2 N–H and O–H groups in total. The molecule has 2 aromatic rings. The zero-order valence-corrected chi connectivity index (χ0v) is 15.4. The minimum atomic E-state index is -0.0203. The number of ether oxygens (including phenoxy) is 2. The average molecular weight is 393 g/mol. The molecule has 1 amide bonds. The molecule has 5 nitrogen and oxygen atoms in total. The number of hydrogen-bond donors (Lipinski definition) is 2. The summed E-state index contributed by atoms with van der Waals surface area (Å²) >= 11 is 3.37. The van der Waals surface area contributed by atoms with Crippen LogP contribution in [-0.4, -0.2) is 26.7 Å². The highest BCUT2D eigenvalue weighted by Gasteiger charge is 2.04. The van der Waals surface area contributed by atoms with Crippen LogP contribution in [0.3, 0.4) is 0 Å². The number of nitrogens with one attached hydrogen (secondary N) is 2. The molecule has 0 atom stereocenters. The van der Waals surface area contributed by atoms with Crippen LogP contribution in [0.5, 0.6) is 11.5 Å². The molecule has 6 heteroatoms. The van der Waals surface area contributed by atoms with Crippen molar-refractivity contribution in [2.75, 3.05) is 26.1 Å². The number of methoxy groups -OCH3 is 2. The zero-order chi connectivity index (χ0) is 17.4. The van der Waals surface area contributed by atoms with E-state index < -0.39 is 0 Å². The first kappa shape index (κ1) is 18.3. The van der Waals surface area contributed by atoms with E-state index in [2.05, 4.69) is 26.6 Å². The highest BCUT2D eigenvalue weighted by Crippen LogP contribution is 2.22. The predicted octanol–water partition coefficient (Wildman–Crippen LogP) is 3.58. The van der Waals surface area contributed by atoms with Gasteiger partial charge in [-0.1, -0.05) is 15.9 Å². The van der Waals surface area contributed by atoms with Crippen molar-refractivity contribution < 1.29 is 14.3 Å². The zero-order valence-electron chi connectivity index (χ0n) is 13.8. The van der Waals surface area contributed by atoms with Crippen LogP contribution in [0.1, 0.15) is 12.0 Å². The Kier molecular flexibility index (Phi) is 7.08. The number of carbonyl (C=O) groups is 1. The number of carbonyl (C=O) groups excluding carboxylic acids is 1. The van der Waals surface area contributed by atoms with Crippen molar-refractivity contribution in [1.82, 2.24) is 5.32 Å². The van der Waals surface area contributed by atoms with Crippen LogP contribution in [-0.2, 0) is 11.3 Å². The quantitative estimate of drug-likeness (QED) is 0.673. The van der Waals surface area contributed by atoms with E-state index in [0.717, 1.165) is 27.2 Å². The van der Waals surface area contributed by atoms with Crippen molar-refractivity contribution in [1.29, 1.82) is 0 Å². The van der Waals surface area contributed by atoms with Gasteiger partial charge in [-0.2, -0.15) is 0 Å². The number of benzene rings is 2. The molecule has 0 aliphatic rings. The first-order valence-electron chi connectivity index (χ1n) is 7.59. The van der Waals surface area contributed by atoms with Crippen LogP contribution in [0.25, 0.3) is 0 Å². The minimum Gasteiger partial charge on any atom is -0.497 e. The lowest BCUT2D eigenvalue weighted by Crippen LogP contribution is -2.21. The number of halogens is 1. The summed E-state index contributed by atoms with van der Waals surface area (Å²) < 4.78 is 11.5. The third-order valence-electron chi connectivity index (χ3n) is 3.40. The smallest absolute Gasteiger partial charge is 0.225 e. The molecular formula is C18H21BrN2O3. The summed E-state index contributed by atoms with van der Waals surface area (Å²) in [6, 6.07) is 13.2. The second-order valence-corrected chi connectivity index (χ2v) is 6.12. The van der Waals surface area contributed by atoms with Gasteiger partial charge >= 0.3 is 0 Å². The molecule has 0 saturated carbocycles. The molecule has 0 aliphatic heterocycles.